The lowest BCUT2D eigenvalue weighted by Crippen LogP contribution is -2.21. The highest BCUT2D eigenvalue weighted by atomic mass is 16.7. The standard InChI is InChI=1S/C26H21NO6/c1-2-16-7-10-18(11-8-16)30-14-23(28)27-24-19-5-3-4-6-20(19)33-26(24)25(29)17-9-12-21-22(13-17)32-15-31-21/h3-13H,2,14-15H2,1H3,(H,27,28). The van der Waals surface area contributed by atoms with E-state index in [2.05, 4.69) is 12.2 Å². The van der Waals surface area contributed by atoms with Crippen LogP contribution in [0.1, 0.15) is 28.6 Å². The first-order valence-corrected chi connectivity index (χ1v) is 10.6. The van der Waals surface area contributed by atoms with Crippen LogP contribution in [0.3, 0.4) is 0 Å². The van der Waals surface area contributed by atoms with E-state index in [-0.39, 0.29) is 24.9 Å². The maximum Gasteiger partial charge on any atom is 0.262 e. The number of furan rings is 1. The fourth-order valence-electron chi connectivity index (χ4n) is 3.64. The van der Waals surface area contributed by atoms with Gasteiger partial charge in [-0.2, -0.15) is 0 Å². The van der Waals surface area contributed by atoms with Crippen molar-refractivity contribution in [3.63, 3.8) is 0 Å². The third-order valence-corrected chi connectivity index (χ3v) is 5.40. The Morgan fingerprint density at radius 2 is 1.76 bits per heavy atom. The summed E-state index contributed by atoms with van der Waals surface area (Å²) in [5, 5.41) is 3.42. The Kier molecular flexibility index (Phi) is 5.44. The molecule has 166 valence electrons. The van der Waals surface area contributed by atoms with Crippen molar-refractivity contribution in [2.75, 3.05) is 18.7 Å². The minimum atomic E-state index is -0.402. The lowest BCUT2D eigenvalue weighted by atomic mass is 10.1. The van der Waals surface area contributed by atoms with Crippen LogP contribution in [0.15, 0.2) is 71.1 Å². The molecular weight excluding hydrogens is 422 g/mol. The molecule has 0 unspecified atom stereocenters. The molecule has 0 atom stereocenters. The van der Waals surface area contributed by atoms with Crippen LogP contribution in [0, 0.1) is 0 Å². The molecule has 7 heteroatoms. The van der Waals surface area contributed by atoms with E-state index in [9.17, 15) is 9.59 Å². The molecule has 1 aromatic heterocycles. The second kappa shape index (κ2) is 8.70. The number of anilines is 1. The fourth-order valence-corrected chi connectivity index (χ4v) is 3.64. The monoisotopic (exact) mass is 443 g/mol. The van der Waals surface area contributed by atoms with Crippen molar-refractivity contribution >= 4 is 28.3 Å². The van der Waals surface area contributed by atoms with E-state index in [4.69, 9.17) is 18.6 Å². The van der Waals surface area contributed by atoms with Gasteiger partial charge in [-0.1, -0.05) is 31.2 Å². The highest BCUT2D eigenvalue weighted by molar-refractivity contribution is 6.17. The quantitative estimate of drug-likeness (QED) is 0.406. The predicted octanol–water partition coefficient (Wildman–Crippen LogP) is 4.97. The van der Waals surface area contributed by atoms with Gasteiger partial charge in [0.2, 0.25) is 12.6 Å². The van der Waals surface area contributed by atoms with Crippen LogP contribution < -0.4 is 19.5 Å². The number of ether oxygens (including phenoxy) is 3. The fraction of sp³-hybridized carbons (Fsp3) is 0.154. The molecule has 0 spiro atoms. The first kappa shape index (κ1) is 20.6. The smallest absolute Gasteiger partial charge is 0.262 e. The highest BCUT2D eigenvalue weighted by Crippen LogP contribution is 2.36. The molecule has 5 rings (SSSR count). The van der Waals surface area contributed by atoms with Gasteiger partial charge >= 0.3 is 0 Å². The summed E-state index contributed by atoms with van der Waals surface area (Å²) < 4.78 is 22.1. The Balaban J connectivity index is 1.39. The Bertz CT molecular complexity index is 1340. The molecule has 7 nitrogen and oxygen atoms in total. The predicted molar refractivity (Wildman–Crippen MR) is 122 cm³/mol. The largest absolute Gasteiger partial charge is 0.484 e. The minimum Gasteiger partial charge on any atom is -0.484 e. The SMILES string of the molecule is CCc1ccc(OCC(=O)Nc2c(C(=O)c3ccc4c(c3)OCO4)oc3ccccc23)cc1. The number of para-hydroxylation sites is 1. The summed E-state index contributed by atoms with van der Waals surface area (Å²) in [7, 11) is 0. The minimum absolute atomic E-state index is 0.0377. The lowest BCUT2D eigenvalue weighted by Gasteiger charge is -2.09. The Hall–Kier alpha value is -4.26. The molecule has 3 aromatic carbocycles. The third kappa shape index (κ3) is 4.13. The molecule has 0 bridgehead atoms. The molecule has 0 saturated carbocycles. The van der Waals surface area contributed by atoms with E-state index in [1.54, 1.807) is 36.4 Å². The molecule has 2 heterocycles. The number of rotatable bonds is 7. The molecule has 0 aliphatic carbocycles. The van der Waals surface area contributed by atoms with E-state index < -0.39 is 5.91 Å². The zero-order chi connectivity index (χ0) is 22.8. The first-order valence-electron chi connectivity index (χ1n) is 10.6. The van der Waals surface area contributed by atoms with Crippen molar-refractivity contribution in [1.82, 2.24) is 0 Å². The summed E-state index contributed by atoms with van der Waals surface area (Å²) in [6.45, 7) is 1.98. The molecule has 1 N–H and O–H groups in total. The normalized spacial score (nSPS) is 12.0. The Morgan fingerprint density at radius 3 is 2.58 bits per heavy atom. The molecule has 1 aliphatic rings. The number of carbonyl (C=O) groups excluding carboxylic acids is 2. The van der Waals surface area contributed by atoms with Gasteiger partial charge in [0.1, 0.15) is 11.3 Å². The second-order valence-electron chi connectivity index (χ2n) is 7.53. The zero-order valence-corrected chi connectivity index (χ0v) is 17.9. The Morgan fingerprint density at radius 1 is 0.970 bits per heavy atom. The van der Waals surface area contributed by atoms with Gasteiger partial charge in [0.15, 0.2) is 23.9 Å². The van der Waals surface area contributed by atoms with E-state index in [1.165, 1.54) is 5.56 Å². The van der Waals surface area contributed by atoms with E-state index in [0.717, 1.165) is 6.42 Å². The molecular formula is C26H21NO6. The molecule has 0 saturated heterocycles. The maximum absolute atomic E-state index is 13.3. The zero-order valence-electron chi connectivity index (χ0n) is 17.9. The summed E-state index contributed by atoms with van der Waals surface area (Å²) in [6.07, 6.45) is 0.925. The van der Waals surface area contributed by atoms with Crippen molar-refractivity contribution in [3.8, 4) is 17.2 Å². The summed E-state index contributed by atoms with van der Waals surface area (Å²) in [5.41, 5.74) is 2.35. The molecule has 0 fully saturated rings. The van der Waals surface area contributed by atoms with E-state index in [0.29, 0.717) is 39.5 Å². The van der Waals surface area contributed by atoms with Gasteiger partial charge in [0.25, 0.3) is 5.91 Å². The summed E-state index contributed by atoms with van der Waals surface area (Å²) in [4.78, 5) is 26.0. The van der Waals surface area contributed by atoms with Crippen LogP contribution in [0.4, 0.5) is 5.69 Å². The average molecular weight is 443 g/mol. The number of hydrogen-bond acceptors (Lipinski definition) is 6. The number of fused-ring (bicyclic) bond motifs is 2. The number of aryl methyl sites for hydroxylation is 1. The third-order valence-electron chi connectivity index (χ3n) is 5.40. The number of benzene rings is 3. The van der Waals surface area contributed by atoms with Gasteiger partial charge in [0.05, 0.1) is 5.69 Å². The maximum atomic E-state index is 13.3. The van der Waals surface area contributed by atoms with Crippen molar-refractivity contribution in [1.29, 1.82) is 0 Å². The summed E-state index contributed by atoms with van der Waals surface area (Å²) in [6, 6.07) is 19.6. The van der Waals surface area contributed by atoms with Crippen molar-refractivity contribution in [2.24, 2.45) is 0 Å². The van der Waals surface area contributed by atoms with E-state index >= 15 is 0 Å². The lowest BCUT2D eigenvalue weighted by molar-refractivity contribution is -0.118. The van der Waals surface area contributed by atoms with Gasteiger partial charge in [0, 0.05) is 10.9 Å². The second-order valence-corrected chi connectivity index (χ2v) is 7.53. The molecule has 33 heavy (non-hydrogen) atoms. The number of ketones is 1. The summed E-state index contributed by atoms with van der Waals surface area (Å²) >= 11 is 0. The first-order chi connectivity index (χ1) is 16.1. The van der Waals surface area contributed by atoms with Crippen LogP contribution in [0.2, 0.25) is 0 Å². The van der Waals surface area contributed by atoms with Gasteiger partial charge in [-0.3, -0.25) is 9.59 Å². The van der Waals surface area contributed by atoms with Gasteiger partial charge in [-0.25, -0.2) is 0 Å². The Labute approximate surface area is 189 Å². The number of nitrogens with one attached hydrogen (secondary N) is 1. The topological polar surface area (TPSA) is 87.0 Å². The molecule has 1 aliphatic heterocycles. The van der Waals surface area contributed by atoms with Crippen LogP contribution in [-0.2, 0) is 11.2 Å². The average Bonchev–Trinajstić information content (AvgIpc) is 3.47. The van der Waals surface area contributed by atoms with E-state index in [1.807, 2.05) is 30.3 Å². The van der Waals surface area contributed by atoms with Crippen molar-refractivity contribution in [3.05, 3.63) is 83.6 Å². The van der Waals surface area contributed by atoms with Gasteiger partial charge in [-0.05, 0) is 54.4 Å². The number of carbonyl (C=O) groups is 2. The van der Waals surface area contributed by atoms with Gasteiger partial charge in [-0.15, -0.1) is 0 Å². The number of hydrogen-bond donors (Lipinski definition) is 1. The van der Waals surface area contributed by atoms with Crippen molar-refractivity contribution < 1.29 is 28.2 Å². The molecule has 1 amide bonds. The number of amides is 1. The van der Waals surface area contributed by atoms with Crippen LogP contribution in [0.25, 0.3) is 11.0 Å². The summed E-state index contributed by atoms with van der Waals surface area (Å²) in [5.74, 6) is 0.919. The van der Waals surface area contributed by atoms with Gasteiger partial charge < -0.3 is 23.9 Å². The van der Waals surface area contributed by atoms with Crippen LogP contribution in [-0.4, -0.2) is 25.1 Å². The van der Waals surface area contributed by atoms with Crippen LogP contribution >= 0.6 is 0 Å². The molecule has 0 radical (unpaired) electrons. The van der Waals surface area contributed by atoms with Crippen molar-refractivity contribution in [2.45, 2.75) is 13.3 Å². The van der Waals surface area contributed by atoms with Crippen LogP contribution in [0.5, 0.6) is 17.2 Å². The molecule has 4 aromatic rings. The highest BCUT2D eigenvalue weighted by Gasteiger charge is 2.25.